The van der Waals surface area contributed by atoms with E-state index in [4.69, 9.17) is 9.15 Å². The lowest BCUT2D eigenvalue weighted by molar-refractivity contribution is -0.146. The van der Waals surface area contributed by atoms with Crippen LogP contribution >= 0.6 is 0 Å². The van der Waals surface area contributed by atoms with Gasteiger partial charge in [0.15, 0.2) is 9.84 Å². The molecule has 1 aliphatic rings. The van der Waals surface area contributed by atoms with Gasteiger partial charge < -0.3 is 13.9 Å². The lowest BCUT2D eigenvalue weighted by atomic mass is 10.2. The minimum absolute atomic E-state index is 0.000587. The van der Waals surface area contributed by atoms with Crippen LogP contribution in [-0.2, 0) is 30.7 Å². The molecule has 0 aromatic carbocycles. The highest BCUT2D eigenvalue weighted by atomic mass is 32.2. The molecule has 0 atom stereocenters. The van der Waals surface area contributed by atoms with Crippen LogP contribution in [0.15, 0.2) is 16.7 Å². The lowest BCUT2D eigenvalue weighted by Gasteiger charge is -2.25. The molecule has 8 nitrogen and oxygen atoms in total. The van der Waals surface area contributed by atoms with Gasteiger partial charge in [0, 0.05) is 18.7 Å². The molecule has 2 heterocycles. The standard InChI is InChI=1S/C13H17NO7S/c1-19-13(16)12-10(2-5-20-12)9-21-11(15)8-14-3-6-22(17,18)7-4-14/h2,5H,3-4,6-9H2,1H3. The van der Waals surface area contributed by atoms with E-state index in [1.165, 1.54) is 19.4 Å². The second-order valence-electron chi connectivity index (χ2n) is 4.86. The Morgan fingerprint density at radius 3 is 2.64 bits per heavy atom. The minimum Gasteiger partial charge on any atom is -0.463 e. The maximum Gasteiger partial charge on any atom is 0.374 e. The van der Waals surface area contributed by atoms with E-state index in [-0.39, 0.29) is 30.4 Å². The number of esters is 2. The van der Waals surface area contributed by atoms with Crippen molar-refractivity contribution in [3.8, 4) is 0 Å². The molecule has 22 heavy (non-hydrogen) atoms. The highest BCUT2D eigenvalue weighted by molar-refractivity contribution is 7.91. The van der Waals surface area contributed by atoms with Crippen LogP contribution in [0.2, 0.25) is 0 Å². The lowest BCUT2D eigenvalue weighted by Crippen LogP contribution is -2.43. The average molecular weight is 331 g/mol. The van der Waals surface area contributed by atoms with Crippen LogP contribution in [0.3, 0.4) is 0 Å². The maximum atomic E-state index is 11.8. The number of hydrogen-bond acceptors (Lipinski definition) is 8. The van der Waals surface area contributed by atoms with Crippen LogP contribution in [0, 0.1) is 0 Å². The fourth-order valence-corrected chi connectivity index (χ4v) is 3.29. The van der Waals surface area contributed by atoms with E-state index in [2.05, 4.69) is 4.74 Å². The molecule has 0 aliphatic carbocycles. The van der Waals surface area contributed by atoms with Crippen LogP contribution in [0.25, 0.3) is 0 Å². The minimum atomic E-state index is -2.97. The van der Waals surface area contributed by atoms with Gasteiger partial charge in [-0.2, -0.15) is 0 Å². The Bertz CT molecular complexity index is 635. The maximum absolute atomic E-state index is 11.8. The van der Waals surface area contributed by atoms with E-state index >= 15 is 0 Å². The van der Waals surface area contributed by atoms with Crippen LogP contribution in [-0.4, -0.2) is 63.5 Å². The Morgan fingerprint density at radius 2 is 2.00 bits per heavy atom. The van der Waals surface area contributed by atoms with Crippen LogP contribution in [0.5, 0.6) is 0 Å². The van der Waals surface area contributed by atoms with Gasteiger partial charge in [-0.3, -0.25) is 9.69 Å². The number of ether oxygens (including phenoxy) is 2. The summed E-state index contributed by atoms with van der Waals surface area (Å²) in [4.78, 5) is 24.9. The van der Waals surface area contributed by atoms with Gasteiger partial charge in [-0.25, -0.2) is 13.2 Å². The first kappa shape index (κ1) is 16.5. The van der Waals surface area contributed by atoms with E-state index in [1.54, 1.807) is 4.90 Å². The summed E-state index contributed by atoms with van der Waals surface area (Å²) in [6.45, 7) is 0.542. The topological polar surface area (TPSA) is 103 Å². The van der Waals surface area contributed by atoms with Gasteiger partial charge in [-0.05, 0) is 6.07 Å². The first-order chi connectivity index (χ1) is 10.4. The summed E-state index contributed by atoms with van der Waals surface area (Å²) in [5, 5.41) is 0. The molecule has 122 valence electrons. The summed E-state index contributed by atoms with van der Waals surface area (Å²) in [5.41, 5.74) is 0.418. The third kappa shape index (κ3) is 4.31. The molecule has 2 rings (SSSR count). The van der Waals surface area contributed by atoms with Crippen LogP contribution in [0.4, 0.5) is 0 Å². The second kappa shape index (κ2) is 6.93. The van der Waals surface area contributed by atoms with Gasteiger partial charge in [0.25, 0.3) is 0 Å². The average Bonchev–Trinajstić information content (AvgIpc) is 2.95. The number of carbonyl (C=O) groups is 2. The number of nitrogens with zero attached hydrogens (tertiary/aromatic N) is 1. The molecule has 0 unspecified atom stereocenters. The first-order valence-electron chi connectivity index (χ1n) is 6.64. The quantitative estimate of drug-likeness (QED) is 0.686. The van der Waals surface area contributed by atoms with Gasteiger partial charge in [0.05, 0.1) is 31.4 Å². The number of carbonyl (C=O) groups excluding carboxylic acids is 2. The van der Waals surface area contributed by atoms with E-state index in [0.717, 1.165) is 0 Å². The van der Waals surface area contributed by atoms with Crippen molar-refractivity contribution in [1.82, 2.24) is 4.90 Å². The summed E-state index contributed by atoms with van der Waals surface area (Å²) < 4.78 is 37.2. The Balaban J connectivity index is 1.81. The first-order valence-corrected chi connectivity index (χ1v) is 8.46. The Kier molecular flexibility index (Phi) is 5.19. The molecule has 1 fully saturated rings. The van der Waals surface area contributed by atoms with Crippen molar-refractivity contribution >= 4 is 21.8 Å². The highest BCUT2D eigenvalue weighted by Crippen LogP contribution is 2.13. The zero-order valence-corrected chi connectivity index (χ0v) is 12.9. The number of hydrogen-bond donors (Lipinski definition) is 0. The van der Waals surface area contributed by atoms with Crippen molar-refractivity contribution in [3.63, 3.8) is 0 Å². The molecule has 0 bridgehead atoms. The molecule has 0 saturated carbocycles. The number of furan rings is 1. The fourth-order valence-electron chi connectivity index (χ4n) is 2.02. The number of rotatable bonds is 5. The van der Waals surface area contributed by atoms with Gasteiger partial charge >= 0.3 is 11.9 Å². The Hall–Kier alpha value is -1.87. The van der Waals surface area contributed by atoms with Gasteiger partial charge in [0.2, 0.25) is 5.76 Å². The molecule has 9 heteroatoms. The van der Waals surface area contributed by atoms with Crippen molar-refractivity contribution in [2.24, 2.45) is 0 Å². The monoisotopic (exact) mass is 331 g/mol. The van der Waals surface area contributed by atoms with E-state index in [0.29, 0.717) is 18.7 Å². The molecular formula is C13H17NO7S. The molecule has 1 aromatic heterocycles. The van der Waals surface area contributed by atoms with Gasteiger partial charge in [0.1, 0.15) is 6.61 Å². The zero-order chi connectivity index (χ0) is 16.2. The van der Waals surface area contributed by atoms with Crippen molar-refractivity contribution in [3.05, 3.63) is 23.7 Å². The highest BCUT2D eigenvalue weighted by Gasteiger charge is 2.24. The third-order valence-corrected chi connectivity index (χ3v) is 4.91. The number of sulfone groups is 1. The zero-order valence-electron chi connectivity index (χ0n) is 12.1. The predicted octanol–water partition coefficient (Wildman–Crippen LogP) is -0.160. The molecule has 0 spiro atoms. The van der Waals surface area contributed by atoms with Crippen LogP contribution < -0.4 is 0 Å². The van der Waals surface area contributed by atoms with Crippen molar-refractivity contribution in [2.45, 2.75) is 6.61 Å². The molecule has 1 aliphatic heterocycles. The summed E-state index contributed by atoms with van der Waals surface area (Å²) in [7, 11) is -1.75. The smallest absolute Gasteiger partial charge is 0.374 e. The second-order valence-corrected chi connectivity index (χ2v) is 7.16. The van der Waals surface area contributed by atoms with E-state index < -0.39 is 21.8 Å². The normalized spacial score (nSPS) is 17.9. The van der Waals surface area contributed by atoms with Gasteiger partial charge in [-0.1, -0.05) is 0 Å². The largest absolute Gasteiger partial charge is 0.463 e. The molecule has 1 aromatic rings. The summed E-state index contributed by atoms with van der Waals surface area (Å²) >= 11 is 0. The predicted molar refractivity (Wildman–Crippen MR) is 74.9 cm³/mol. The van der Waals surface area contributed by atoms with Crippen molar-refractivity contribution in [1.29, 1.82) is 0 Å². The van der Waals surface area contributed by atoms with E-state index in [1.807, 2.05) is 0 Å². The van der Waals surface area contributed by atoms with E-state index in [9.17, 15) is 18.0 Å². The van der Waals surface area contributed by atoms with Crippen molar-refractivity contribution < 1.29 is 31.9 Å². The summed E-state index contributed by atoms with van der Waals surface area (Å²) in [5.74, 6) is -1.03. The van der Waals surface area contributed by atoms with Gasteiger partial charge in [-0.15, -0.1) is 0 Å². The Labute approximate surface area is 127 Å². The Morgan fingerprint density at radius 1 is 1.32 bits per heavy atom. The van der Waals surface area contributed by atoms with Crippen LogP contribution in [0.1, 0.15) is 16.1 Å². The molecule has 0 radical (unpaired) electrons. The molecule has 0 amide bonds. The summed E-state index contributed by atoms with van der Waals surface area (Å²) in [6, 6.07) is 1.52. The molecule has 1 saturated heterocycles. The van der Waals surface area contributed by atoms with Crippen molar-refractivity contribution in [2.75, 3.05) is 38.2 Å². The molecule has 0 N–H and O–H groups in total. The summed E-state index contributed by atoms with van der Waals surface area (Å²) in [6.07, 6.45) is 1.31. The number of methoxy groups -OCH3 is 1. The SMILES string of the molecule is COC(=O)c1occc1COC(=O)CN1CCS(=O)(=O)CC1. The third-order valence-electron chi connectivity index (χ3n) is 3.30. The molecular weight excluding hydrogens is 314 g/mol. The fraction of sp³-hybridized carbons (Fsp3) is 0.538.